The number of ether oxygens (including phenoxy) is 2. The average Bonchev–Trinajstić information content (AvgIpc) is 3.06. The van der Waals surface area contributed by atoms with Gasteiger partial charge in [-0.1, -0.05) is 6.92 Å². The Kier molecular flexibility index (Phi) is 5.73. The molecule has 1 amide bonds. The second-order valence-electron chi connectivity index (χ2n) is 6.96. The van der Waals surface area contributed by atoms with Gasteiger partial charge < -0.3 is 14.4 Å². The van der Waals surface area contributed by atoms with Gasteiger partial charge in [-0.15, -0.1) is 0 Å². The molecule has 1 aromatic carbocycles. The van der Waals surface area contributed by atoms with Crippen LogP contribution in [0.2, 0.25) is 0 Å². The summed E-state index contributed by atoms with van der Waals surface area (Å²) in [4.78, 5) is 14.3. The third kappa shape index (κ3) is 3.68. The first-order valence-corrected chi connectivity index (χ1v) is 10.5. The number of carbonyl (C=O) groups is 1. The van der Waals surface area contributed by atoms with Gasteiger partial charge in [-0.05, 0) is 31.0 Å². The van der Waals surface area contributed by atoms with Gasteiger partial charge >= 0.3 is 0 Å². The van der Waals surface area contributed by atoms with E-state index in [0.29, 0.717) is 26.2 Å². The molecule has 9 heteroatoms. The Bertz CT molecular complexity index is 808. The molecule has 0 aromatic heterocycles. The molecule has 27 heavy (non-hydrogen) atoms. The first-order valence-electron chi connectivity index (χ1n) is 9.06. The van der Waals surface area contributed by atoms with E-state index in [1.54, 1.807) is 4.90 Å². The van der Waals surface area contributed by atoms with Crippen molar-refractivity contribution in [1.82, 2.24) is 9.21 Å². The van der Waals surface area contributed by atoms with Gasteiger partial charge in [-0.25, -0.2) is 12.8 Å². The summed E-state index contributed by atoms with van der Waals surface area (Å²) >= 11 is 0. The Morgan fingerprint density at radius 2 is 2.15 bits per heavy atom. The minimum Gasteiger partial charge on any atom is -0.495 e. The Hall–Kier alpha value is -1.71. The van der Waals surface area contributed by atoms with Crippen LogP contribution in [0.15, 0.2) is 23.1 Å². The van der Waals surface area contributed by atoms with Crippen LogP contribution in [0.1, 0.15) is 26.2 Å². The summed E-state index contributed by atoms with van der Waals surface area (Å²) in [7, 11) is -2.70. The summed E-state index contributed by atoms with van der Waals surface area (Å²) in [5, 5.41) is 0. The lowest BCUT2D eigenvalue weighted by molar-refractivity contribution is -0.136. The number of benzene rings is 1. The van der Waals surface area contributed by atoms with E-state index in [-0.39, 0.29) is 36.1 Å². The number of hydrogen-bond donors (Lipinski definition) is 0. The highest BCUT2D eigenvalue weighted by Crippen LogP contribution is 2.35. The van der Waals surface area contributed by atoms with Gasteiger partial charge in [0.05, 0.1) is 19.3 Å². The van der Waals surface area contributed by atoms with Crippen LogP contribution in [0.4, 0.5) is 4.39 Å². The number of sulfonamides is 1. The normalized spacial score (nSPS) is 24.4. The third-order valence-corrected chi connectivity index (χ3v) is 7.06. The molecule has 2 aliphatic heterocycles. The maximum atomic E-state index is 13.8. The lowest BCUT2D eigenvalue weighted by Gasteiger charge is -2.40. The molecule has 0 saturated carbocycles. The highest BCUT2D eigenvalue weighted by atomic mass is 32.2. The zero-order valence-corrected chi connectivity index (χ0v) is 16.4. The van der Waals surface area contributed by atoms with Crippen molar-refractivity contribution in [1.29, 1.82) is 0 Å². The number of amides is 1. The highest BCUT2D eigenvalue weighted by Gasteiger charge is 2.48. The van der Waals surface area contributed by atoms with Crippen LogP contribution in [0.25, 0.3) is 0 Å². The number of carbonyl (C=O) groups excluding carboxylic acids is 1. The average molecular weight is 400 g/mol. The summed E-state index contributed by atoms with van der Waals surface area (Å²) < 4.78 is 52.3. The summed E-state index contributed by atoms with van der Waals surface area (Å²) in [6, 6.07) is 3.41. The molecular weight excluding hydrogens is 375 g/mol. The standard InChI is InChI=1S/C18H25FN2O5S/c1-3-8-21-17(22)6-9-20(12-18(21)7-10-26-13-18)27(23,24)16-11-14(19)4-5-15(16)25-2/h4-5,11H,3,6-10,12-13H2,1-2H3. The van der Waals surface area contributed by atoms with E-state index in [2.05, 4.69) is 0 Å². The van der Waals surface area contributed by atoms with Crippen molar-refractivity contribution in [2.75, 3.05) is 40.0 Å². The van der Waals surface area contributed by atoms with Crippen LogP contribution in [0, 0.1) is 5.82 Å². The number of hydrogen-bond acceptors (Lipinski definition) is 5. The lowest BCUT2D eigenvalue weighted by atomic mass is 9.96. The SMILES string of the molecule is CCCN1C(=O)CCN(S(=O)(=O)c2cc(F)ccc2OC)CC12CCOC2. The quantitative estimate of drug-likeness (QED) is 0.751. The Morgan fingerprint density at radius 3 is 2.78 bits per heavy atom. The van der Waals surface area contributed by atoms with Gasteiger partial charge in [-0.3, -0.25) is 4.79 Å². The van der Waals surface area contributed by atoms with E-state index in [0.717, 1.165) is 18.6 Å². The second kappa shape index (κ2) is 7.73. The van der Waals surface area contributed by atoms with Crippen LogP contribution < -0.4 is 4.74 Å². The van der Waals surface area contributed by atoms with E-state index in [1.807, 2.05) is 6.92 Å². The molecule has 2 aliphatic rings. The minimum absolute atomic E-state index is 0.0444. The molecule has 2 heterocycles. The maximum Gasteiger partial charge on any atom is 0.246 e. The van der Waals surface area contributed by atoms with Crippen LogP contribution in [-0.2, 0) is 19.6 Å². The van der Waals surface area contributed by atoms with E-state index < -0.39 is 21.4 Å². The predicted octanol–water partition coefficient (Wildman–Crippen LogP) is 1.63. The van der Waals surface area contributed by atoms with E-state index >= 15 is 0 Å². The van der Waals surface area contributed by atoms with Crippen molar-refractivity contribution in [2.24, 2.45) is 0 Å². The van der Waals surface area contributed by atoms with Crippen LogP contribution in [0.3, 0.4) is 0 Å². The minimum atomic E-state index is -4.04. The van der Waals surface area contributed by atoms with E-state index in [9.17, 15) is 17.6 Å². The molecule has 1 unspecified atom stereocenters. The highest BCUT2D eigenvalue weighted by molar-refractivity contribution is 7.89. The molecular formula is C18H25FN2O5S. The summed E-state index contributed by atoms with van der Waals surface area (Å²) in [5.41, 5.74) is -0.683. The first kappa shape index (κ1) is 20.0. The smallest absolute Gasteiger partial charge is 0.246 e. The molecule has 2 fully saturated rings. The molecule has 0 radical (unpaired) electrons. The summed E-state index contributed by atoms with van der Waals surface area (Å²) in [5.74, 6) is -0.660. The Morgan fingerprint density at radius 1 is 1.37 bits per heavy atom. The molecule has 0 N–H and O–H groups in total. The molecule has 0 bridgehead atoms. The van der Waals surface area contributed by atoms with Crippen molar-refractivity contribution in [3.05, 3.63) is 24.0 Å². The number of halogens is 1. The number of nitrogens with zero attached hydrogens (tertiary/aromatic N) is 2. The Balaban J connectivity index is 2.01. The first-order chi connectivity index (χ1) is 12.8. The predicted molar refractivity (Wildman–Crippen MR) is 96.5 cm³/mol. The van der Waals surface area contributed by atoms with Crippen molar-refractivity contribution in [2.45, 2.75) is 36.6 Å². The molecule has 7 nitrogen and oxygen atoms in total. The zero-order chi connectivity index (χ0) is 19.7. The Labute approximate surface area is 159 Å². The van der Waals surface area contributed by atoms with Gasteiger partial charge in [0.2, 0.25) is 15.9 Å². The third-order valence-electron chi connectivity index (χ3n) is 5.19. The molecule has 2 saturated heterocycles. The number of methoxy groups -OCH3 is 1. The van der Waals surface area contributed by atoms with Crippen molar-refractivity contribution in [3.8, 4) is 5.75 Å². The van der Waals surface area contributed by atoms with E-state index in [1.165, 1.54) is 17.5 Å². The molecule has 1 atom stereocenters. The van der Waals surface area contributed by atoms with Gasteiger partial charge in [0.1, 0.15) is 16.5 Å². The fourth-order valence-electron chi connectivity index (χ4n) is 3.83. The maximum absolute atomic E-state index is 13.8. The monoisotopic (exact) mass is 400 g/mol. The van der Waals surface area contributed by atoms with Gasteiger partial charge in [0.25, 0.3) is 0 Å². The van der Waals surface area contributed by atoms with E-state index in [4.69, 9.17) is 9.47 Å². The summed E-state index contributed by atoms with van der Waals surface area (Å²) in [6.45, 7) is 3.48. The summed E-state index contributed by atoms with van der Waals surface area (Å²) in [6.07, 6.45) is 1.43. The zero-order valence-electron chi connectivity index (χ0n) is 15.6. The van der Waals surface area contributed by atoms with Gasteiger partial charge in [-0.2, -0.15) is 4.31 Å². The van der Waals surface area contributed by atoms with Crippen LogP contribution >= 0.6 is 0 Å². The molecule has 1 aromatic rings. The van der Waals surface area contributed by atoms with Crippen molar-refractivity contribution in [3.63, 3.8) is 0 Å². The van der Waals surface area contributed by atoms with Crippen LogP contribution in [0.5, 0.6) is 5.75 Å². The molecule has 3 rings (SSSR count). The lowest BCUT2D eigenvalue weighted by Crippen LogP contribution is -2.57. The fraction of sp³-hybridized carbons (Fsp3) is 0.611. The van der Waals surface area contributed by atoms with Crippen molar-refractivity contribution >= 4 is 15.9 Å². The van der Waals surface area contributed by atoms with Gasteiger partial charge in [0.15, 0.2) is 0 Å². The molecule has 1 spiro atoms. The topological polar surface area (TPSA) is 76.2 Å². The van der Waals surface area contributed by atoms with Crippen molar-refractivity contribution < 1.29 is 27.1 Å². The van der Waals surface area contributed by atoms with Crippen LogP contribution in [-0.4, -0.2) is 69.0 Å². The van der Waals surface area contributed by atoms with Gasteiger partial charge in [0, 0.05) is 32.7 Å². The molecule has 150 valence electrons. The number of rotatable bonds is 5. The fourth-order valence-corrected chi connectivity index (χ4v) is 5.52. The molecule has 0 aliphatic carbocycles. The largest absolute Gasteiger partial charge is 0.495 e. The second-order valence-corrected chi connectivity index (χ2v) is 8.86.